The third kappa shape index (κ3) is 5.75. The number of Topliss-reactive ketones (excluding diaryl/α,β-unsaturated/α-hetero) is 1. The largest absolute Gasteiger partial charge is 0.465 e. The molecule has 0 saturated heterocycles. The molecule has 2 rings (SSSR count). The second-order valence-corrected chi connectivity index (χ2v) is 6.68. The van der Waals surface area contributed by atoms with E-state index in [-0.39, 0.29) is 35.4 Å². The van der Waals surface area contributed by atoms with Crippen molar-refractivity contribution in [1.29, 1.82) is 0 Å². The van der Waals surface area contributed by atoms with Crippen LogP contribution in [0.5, 0.6) is 0 Å². The van der Waals surface area contributed by atoms with E-state index >= 15 is 0 Å². The molecule has 0 aliphatic heterocycles. The van der Waals surface area contributed by atoms with Crippen molar-refractivity contribution in [3.8, 4) is 0 Å². The number of nitrogens with one attached hydrogen (secondary N) is 1. The maximum absolute atomic E-state index is 12.2. The van der Waals surface area contributed by atoms with Crippen LogP contribution in [0.3, 0.4) is 0 Å². The predicted octanol–water partition coefficient (Wildman–Crippen LogP) is 3.62. The number of hydrogen-bond donors (Lipinski definition) is 1. The minimum Gasteiger partial charge on any atom is -0.465 e. The number of anilines is 1. The lowest BCUT2D eigenvalue weighted by molar-refractivity contribution is -0.116. The van der Waals surface area contributed by atoms with E-state index in [2.05, 4.69) is 30.7 Å². The highest BCUT2D eigenvalue weighted by Gasteiger charge is 2.15. The summed E-state index contributed by atoms with van der Waals surface area (Å²) in [6, 6.07) is 10.9. The van der Waals surface area contributed by atoms with E-state index in [9.17, 15) is 19.2 Å². The van der Waals surface area contributed by atoms with Crippen molar-refractivity contribution in [3.05, 3.63) is 63.6 Å². The van der Waals surface area contributed by atoms with Crippen molar-refractivity contribution in [2.24, 2.45) is 0 Å². The number of ketones is 1. The Kier molecular flexibility index (Phi) is 7.45. The minimum atomic E-state index is -0.660. The zero-order chi connectivity index (χ0) is 20.7. The standard InChI is InChI=1S/C20H18BrNO6/c1-27-19(25)13-9-14(20(26)28-2)11-16(10-13)22-18(24)8-7-17(23)12-3-5-15(21)6-4-12/h3-6,9-11H,7-8H2,1-2H3,(H,22,24). The normalized spacial score (nSPS) is 10.1. The lowest BCUT2D eigenvalue weighted by Gasteiger charge is -2.09. The summed E-state index contributed by atoms with van der Waals surface area (Å²) in [5.41, 5.74) is 0.916. The Hall–Kier alpha value is -3.00. The maximum atomic E-state index is 12.2. The first-order valence-electron chi connectivity index (χ1n) is 8.24. The summed E-state index contributed by atoms with van der Waals surface area (Å²) >= 11 is 3.29. The number of hydrogen-bond acceptors (Lipinski definition) is 6. The van der Waals surface area contributed by atoms with Crippen LogP contribution in [0, 0.1) is 0 Å². The summed E-state index contributed by atoms with van der Waals surface area (Å²) in [5.74, 6) is -1.91. The molecule has 1 amide bonds. The van der Waals surface area contributed by atoms with Crippen molar-refractivity contribution < 1.29 is 28.7 Å². The molecule has 7 nitrogen and oxygen atoms in total. The highest BCUT2D eigenvalue weighted by molar-refractivity contribution is 9.10. The third-order valence-electron chi connectivity index (χ3n) is 3.80. The Bertz CT molecular complexity index is 873. The van der Waals surface area contributed by atoms with E-state index in [4.69, 9.17) is 0 Å². The highest BCUT2D eigenvalue weighted by atomic mass is 79.9. The van der Waals surface area contributed by atoms with Crippen LogP contribution in [0.1, 0.15) is 43.9 Å². The number of carbonyl (C=O) groups excluding carboxylic acids is 4. The monoisotopic (exact) mass is 447 g/mol. The summed E-state index contributed by atoms with van der Waals surface area (Å²) in [5, 5.41) is 2.58. The second-order valence-electron chi connectivity index (χ2n) is 5.76. The lowest BCUT2D eigenvalue weighted by Crippen LogP contribution is -2.15. The summed E-state index contributed by atoms with van der Waals surface area (Å²) in [7, 11) is 2.41. The van der Waals surface area contributed by atoms with Gasteiger partial charge in [0.1, 0.15) is 0 Å². The summed E-state index contributed by atoms with van der Waals surface area (Å²) in [6.07, 6.45) is -0.0288. The smallest absolute Gasteiger partial charge is 0.337 e. The van der Waals surface area contributed by atoms with Crippen LogP contribution in [-0.4, -0.2) is 37.8 Å². The number of amides is 1. The van der Waals surface area contributed by atoms with Gasteiger partial charge >= 0.3 is 11.9 Å². The van der Waals surface area contributed by atoms with Gasteiger partial charge in [0.25, 0.3) is 0 Å². The Balaban J connectivity index is 2.07. The minimum absolute atomic E-state index is 0.0218. The molecule has 0 saturated carbocycles. The van der Waals surface area contributed by atoms with Gasteiger partial charge in [0.05, 0.1) is 25.3 Å². The van der Waals surface area contributed by atoms with E-state index in [0.29, 0.717) is 5.56 Å². The third-order valence-corrected chi connectivity index (χ3v) is 4.33. The molecule has 0 unspecified atom stereocenters. The van der Waals surface area contributed by atoms with Crippen LogP contribution < -0.4 is 5.32 Å². The van der Waals surface area contributed by atoms with Gasteiger partial charge in [0.2, 0.25) is 5.91 Å². The number of halogens is 1. The van der Waals surface area contributed by atoms with E-state index in [1.807, 2.05) is 0 Å². The molecule has 0 fully saturated rings. The molecule has 2 aromatic rings. The van der Waals surface area contributed by atoms with E-state index in [1.165, 1.54) is 32.4 Å². The fourth-order valence-electron chi connectivity index (χ4n) is 2.40. The van der Waals surface area contributed by atoms with Crippen LogP contribution in [0.2, 0.25) is 0 Å². The molecule has 2 aromatic carbocycles. The maximum Gasteiger partial charge on any atom is 0.337 e. The Morgan fingerprint density at radius 3 is 1.86 bits per heavy atom. The molecular formula is C20H18BrNO6. The van der Waals surface area contributed by atoms with Crippen molar-refractivity contribution >= 4 is 45.2 Å². The van der Waals surface area contributed by atoms with Crippen LogP contribution in [0.15, 0.2) is 46.9 Å². The number of ether oxygens (including phenoxy) is 2. The highest BCUT2D eigenvalue weighted by Crippen LogP contribution is 2.18. The van der Waals surface area contributed by atoms with Gasteiger partial charge in [-0.3, -0.25) is 9.59 Å². The first kappa shape index (κ1) is 21.3. The quantitative estimate of drug-likeness (QED) is 0.513. The fourth-order valence-corrected chi connectivity index (χ4v) is 2.67. The van der Waals surface area contributed by atoms with Gasteiger partial charge in [-0.15, -0.1) is 0 Å². The predicted molar refractivity (Wildman–Crippen MR) is 105 cm³/mol. The SMILES string of the molecule is COC(=O)c1cc(NC(=O)CCC(=O)c2ccc(Br)cc2)cc(C(=O)OC)c1. The zero-order valence-electron chi connectivity index (χ0n) is 15.3. The molecule has 146 valence electrons. The number of esters is 2. The van der Waals surface area contributed by atoms with Gasteiger partial charge in [-0.2, -0.15) is 0 Å². The molecule has 0 aliphatic rings. The van der Waals surface area contributed by atoms with Crippen LogP contribution in [0.4, 0.5) is 5.69 Å². The van der Waals surface area contributed by atoms with E-state index in [0.717, 1.165) is 4.47 Å². The van der Waals surface area contributed by atoms with Gasteiger partial charge in [-0.05, 0) is 30.3 Å². The van der Waals surface area contributed by atoms with Crippen LogP contribution in [0.25, 0.3) is 0 Å². The average molecular weight is 448 g/mol. The molecule has 0 radical (unpaired) electrons. The van der Waals surface area contributed by atoms with Crippen molar-refractivity contribution in [3.63, 3.8) is 0 Å². The van der Waals surface area contributed by atoms with Crippen molar-refractivity contribution in [2.75, 3.05) is 19.5 Å². The molecule has 0 spiro atoms. The first-order chi connectivity index (χ1) is 13.3. The summed E-state index contributed by atoms with van der Waals surface area (Å²) in [6.45, 7) is 0. The number of methoxy groups -OCH3 is 2. The molecular weight excluding hydrogens is 430 g/mol. The Morgan fingerprint density at radius 2 is 1.36 bits per heavy atom. The molecule has 28 heavy (non-hydrogen) atoms. The van der Waals surface area contributed by atoms with Crippen molar-refractivity contribution in [1.82, 2.24) is 0 Å². The first-order valence-corrected chi connectivity index (χ1v) is 9.03. The van der Waals surface area contributed by atoms with Gasteiger partial charge < -0.3 is 14.8 Å². The molecule has 0 bridgehead atoms. The summed E-state index contributed by atoms with van der Waals surface area (Å²) in [4.78, 5) is 47.9. The lowest BCUT2D eigenvalue weighted by atomic mass is 10.1. The van der Waals surface area contributed by atoms with Gasteiger partial charge in [-0.1, -0.05) is 28.1 Å². The molecule has 0 aliphatic carbocycles. The number of carbonyl (C=O) groups is 4. The second kappa shape index (κ2) is 9.80. The average Bonchev–Trinajstić information content (AvgIpc) is 2.70. The fraction of sp³-hybridized carbons (Fsp3) is 0.200. The van der Waals surface area contributed by atoms with Gasteiger partial charge in [0, 0.05) is 28.6 Å². The topological polar surface area (TPSA) is 98.8 Å². The van der Waals surface area contributed by atoms with Gasteiger partial charge in [0.15, 0.2) is 5.78 Å². The van der Waals surface area contributed by atoms with Crippen LogP contribution in [-0.2, 0) is 14.3 Å². The van der Waals surface area contributed by atoms with Crippen molar-refractivity contribution in [2.45, 2.75) is 12.8 Å². The number of benzene rings is 2. The molecule has 1 N–H and O–H groups in total. The van der Waals surface area contributed by atoms with E-state index < -0.39 is 17.8 Å². The van der Waals surface area contributed by atoms with Crippen LogP contribution >= 0.6 is 15.9 Å². The Labute approximate surface area is 170 Å². The molecule has 8 heteroatoms. The number of rotatable bonds is 7. The molecule has 0 aromatic heterocycles. The van der Waals surface area contributed by atoms with Gasteiger partial charge in [-0.25, -0.2) is 9.59 Å². The van der Waals surface area contributed by atoms with E-state index in [1.54, 1.807) is 24.3 Å². The zero-order valence-corrected chi connectivity index (χ0v) is 16.9. The molecule has 0 atom stereocenters. The summed E-state index contributed by atoms with van der Waals surface area (Å²) < 4.78 is 10.2. The molecule has 0 heterocycles. The Morgan fingerprint density at radius 1 is 0.821 bits per heavy atom.